The maximum atomic E-state index is 12.7. The Kier molecular flexibility index (Phi) is 5.06. The lowest BCUT2D eigenvalue weighted by atomic mass is 10.3. The summed E-state index contributed by atoms with van der Waals surface area (Å²) in [6.45, 7) is 0.883. The Hall–Kier alpha value is -1.46. The summed E-state index contributed by atoms with van der Waals surface area (Å²) in [5.41, 5.74) is 0.987. The van der Waals surface area contributed by atoms with Gasteiger partial charge in [-0.3, -0.25) is 0 Å². The second-order valence-electron chi connectivity index (χ2n) is 3.44. The molecule has 2 aromatic heterocycles. The van der Waals surface area contributed by atoms with Gasteiger partial charge in [0.05, 0.1) is 11.9 Å². The quantitative estimate of drug-likeness (QED) is 0.903. The fraction of sp³-hybridized carbons (Fsp3) is 0.273. The van der Waals surface area contributed by atoms with Gasteiger partial charge in [-0.15, -0.1) is 12.4 Å². The Morgan fingerprint density at radius 2 is 2.18 bits per heavy atom. The molecule has 0 amide bonds. The lowest BCUT2D eigenvalue weighted by molar-refractivity contribution is 0.619. The molecule has 0 aliphatic carbocycles. The minimum atomic E-state index is -0.341. The van der Waals surface area contributed by atoms with Gasteiger partial charge in [-0.2, -0.15) is 5.10 Å². The number of likely N-dealkylation sites (N-methyl/N-ethyl adjacent to an activating group) is 1. The van der Waals surface area contributed by atoms with Crippen molar-refractivity contribution in [3.63, 3.8) is 0 Å². The van der Waals surface area contributed by atoms with Gasteiger partial charge in [0.2, 0.25) is 0 Å². The molecule has 2 aromatic rings. The van der Waals surface area contributed by atoms with Crippen molar-refractivity contribution >= 4 is 12.4 Å². The summed E-state index contributed by atoms with van der Waals surface area (Å²) >= 11 is 0. The van der Waals surface area contributed by atoms with Crippen LogP contribution in [0.4, 0.5) is 4.39 Å². The predicted octanol–water partition coefficient (Wildman–Crippen LogP) is 1.59. The van der Waals surface area contributed by atoms with Crippen LogP contribution >= 0.6 is 12.4 Å². The third-order valence-corrected chi connectivity index (χ3v) is 2.22. The minimum absolute atomic E-state index is 0. The number of nitrogens with zero attached hydrogens (tertiary/aromatic N) is 3. The van der Waals surface area contributed by atoms with E-state index in [0.29, 0.717) is 5.82 Å². The maximum Gasteiger partial charge on any atom is 0.153 e. The van der Waals surface area contributed by atoms with Gasteiger partial charge in [0.25, 0.3) is 0 Å². The number of hydrogen-bond donors (Lipinski definition) is 1. The summed E-state index contributed by atoms with van der Waals surface area (Å²) < 4.78 is 14.3. The minimum Gasteiger partial charge on any atom is -0.319 e. The van der Waals surface area contributed by atoms with Crippen molar-refractivity contribution in [2.45, 2.75) is 6.42 Å². The average molecular weight is 257 g/mol. The van der Waals surface area contributed by atoms with Gasteiger partial charge >= 0.3 is 0 Å². The van der Waals surface area contributed by atoms with E-state index in [2.05, 4.69) is 15.4 Å². The van der Waals surface area contributed by atoms with Gasteiger partial charge in [0.15, 0.2) is 5.82 Å². The van der Waals surface area contributed by atoms with E-state index in [9.17, 15) is 4.39 Å². The zero-order chi connectivity index (χ0) is 11.4. The van der Waals surface area contributed by atoms with Crippen LogP contribution in [0.15, 0.2) is 30.6 Å². The molecule has 0 saturated carbocycles. The first-order chi connectivity index (χ1) is 7.79. The summed E-state index contributed by atoms with van der Waals surface area (Å²) in [7, 11) is 1.90. The van der Waals surface area contributed by atoms with E-state index >= 15 is 0 Å². The SMILES string of the molecule is CNCCc1ccn(-c2ccc(F)cn2)n1.Cl. The van der Waals surface area contributed by atoms with Gasteiger partial charge < -0.3 is 5.32 Å². The molecule has 2 rings (SSSR count). The Balaban J connectivity index is 0.00000144. The number of rotatable bonds is 4. The van der Waals surface area contributed by atoms with Gasteiger partial charge in [0, 0.05) is 19.2 Å². The van der Waals surface area contributed by atoms with Crippen LogP contribution in [0.2, 0.25) is 0 Å². The van der Waals surface area contributed by atoms with Crippen molar-refractivity contribution in [3.8, 4) is 5.82 Å². The summed E-state index contributed by atoms with van der Waals surface area (Å²) in [5, 5.41) is 7.40. The predicted molar refractivity (Wildman–Crippen MR) is 66.2 cm³/mol. The monoisotopic (exact) mass is 256 g/mol. The Labute approximate surface area is 105 Å². The molecule has 0 aliphatic heterocycles. The summed E-state index contributed by atoms with van der Waals surface area (Å²) in [6.07, 6.45) is 3.88. The smallest absolute Gasteiger partial charge is 0.153 e. The molecule has 0 fully saturated rings. The molecular weight excluding hydrogens is 243 g/mol. The van der Waals surface area contributed by atoms with Gasteiger partial charge in [0.1, 0.15) is 5.82 Å². The largest absolute Gasteiger partial charge is 0.319 e. The molecule has 0 radical (unpaired) electrons. The van der Waals surface area contributed by atoms with Crippen LogP contribution in [0.3, 0.4) is 0 Å². The first-order valence-corrected chi connectivity index (χ1v) is 5.10. The van der Waals surface area contributed by atoms with Crippen molar-refractivity contribution in [3.05, 3.63) is 42.1 Å². The molecule has 4 nitrogen and oxygen atoms in total. The highest BCUT2D eigenvalue weighted by molar-refractivity contribution is 5.85. The second kappa shape index (κ2) is 6.32. The van der Waals surface area contributed by atoms with Crippen LogP contribution in [0.25, 0.3) is 5.82 Å². The van der Waals surface area contributed by atoms with E-state index in [1.165, 1.54) is 12.3 Å². The zero-order valence-corrected chi connectivity index (χ0v) is 10.2. The third-order valence-electron chi connectivity index (χ3n) is 2.22. The van der Waals surface area contributed by atoms with E-state index in [0.717, 1.165) is 18.7 Å². The Bertz CT molecular complexity index is 455. The molecule has 0 saturated heterocycles. The molecule has 0 aliphatic rings. The first-order valence-electron chi connectivity index (χ1n) is 5.10. The lowest BCUT2D eigenvalue weighted by Crippen LogP contribution is -2.11. The third kappa shape index (κ3) is 3.51. The number of pyridine rings is 1. The van der Waals surface area contributed by atoms with Crippen molar-refractivity contribution in [2.24, 2.45) is 0 Å². The molecule has 0 bridgehead atoms. The van der Waals surface area contributed by atoms with Crippen LogP contribution in [0, 0.1) is 5.82 Å². The van der Waals surface area contributed by atoms with Crippen LogP contribution in [0.1, 0.15) is 5.69 Å². The number of nitrogens with one attached hydrogen (secondary N) is 1. The summed E-state index contributed by atoms with van der Waals surface area (Å²) in [5.74, 6) is 0.281. The maximum absolute atomic E-state index is 12.7. The average Bonchev–Trinajstić information content (AvgIpc) is 2.76. The molecule has 0 aromatic carbocycles. The number of halogens is 2. The van der Waals surface area contributed by atoms with Gasteiger partial charge in [-0.1, -0.05) is 0 Å². The molecule has 0 unspecified atom stereocenters. The Morgan fingerprint density at radius 3 is 2.82 bits per heavy atom. The van der Waals surface area contributed by atoms with Crippen molar-refractivity contribution in [1.82, 2.24) is 20.1 Å². The topological polar surface area (TPSA) is 42.7 Å². The number of hydrogen-bond acceptors (Lipinski definition) is 3. The number of aromatic nitrogens is 3. The van der Waals surface area contributed by atoms with E-state index < -0.39 is 0 Å². The normalized spacial score (nSPS) is 10.0. The summed E-state index contributed by atoms with van der Waals surface area (Å²) in [6, 6.07) is 4.91. The fourth-order valence-electron chi connectivity index (χ4n) is 1.38. The molecule has 0 spiro atoms. The highest BCUT2D eigenvalue weighted by Gasteiger charge is 2.01. The van der Waals surface area contributed by atoms with E-state index in [1.54, 1.807) is 10.7 Å². The van der Waals surface area contributed by atoms with Gasteiger partial charge in [-0.05, 0) is 25.2 Å². The second-order valence-corrected chi connectivity index (χ2v) is 3.44. The van der Waals surface area contributed by atoms with Gasteiger partial charge in [-0.25, -0.2) is 14.1 Å². The fourth-order valence-corrected chi connectivity index (χ4v) is 1.38. The van der Waals surface area contributed by atoms with Crippen LogP contribution < -0.4 is 5.32 Å². The highest BCUT2D eigenvalue weighted by Crippen LogP contribution is 2.05. The van der Waals surface area contributed by atoms with Crippen LogP contribution in [-0.2, 0) is 6.42 Å². The molecule has 1 N–H and O–H groups in total. The molecule has 6 heteroatoms. The Morgan fingerprint density at radius 1 is 1.35 bits per heavy atom. The van der Waals surface area contributed by atoms with E-state index in [1.807, 2.05) is 19.3 Å². The van der Waals surface area contributed by atoms with Crippen LogP contribution in [-0.4, -0.2) is 28.4 Å². The van der Waals surface area contributed by atoms with E-state index in [-0.39, 0.29) is 18.2 Å². The van der Waals surface area contributed by atoms with E-state index in [4.69, 9.17) is 0 Å². The molecule has 92 valence electrons. The lowest BCUT2D eigenvalue weighted by Gasteiger charge is -1.99. The van der Waals surface area contributed by atoms with Crippen LogP contribution in [0.5, 0.6) is 0 Å². The zero-order valence-electron chi connectivity index (χ0n) is 9.43. The van der Waals surface area contributed by atoms with Crippen molar-refractivity contribution in [1.29, 1.82) is 0 Å². The first kappa shape index (κ1) is 13.6. The van der Waals surface area contributed by atoms with Crippen molar-refractivity contribution < 1.29 is 4.39 Å². The molecular formula is C11H14ClFN4. The molecule has 17 heavy (non-hydrogen) atoms. The summed E-state index contributed by atoms with van der Waals surface area (Å²) in [4.78, 5) is 3.95. The van der Waals surface area contributed by atoms with Crippen molar-refractivity contribution in [2.75, 3.05) is 13.6 Å². The highest BCUT2D eigenvalue weighted by atomic mass is 35.5. The molecule has 0 atom stereocenters. The molecule has 2 heterocycles. The standard InChI is InChI=1S/C11H13FN4.ClH/c1-13-6-4-10-5-7-16(15-10)11-3-2-9(12)8-14-11;/h2-3,5,7-8,13H,4,6H2,1H3;1H.